The third-order valence-corrected chi connectivity index (χ3v) is 8.57. The Bertz CT molecular complexity index is 1570. The number of anilines is 1. The number of nitro benzene ring substituents is 1. The fourth-order valence-corrected chi connectivity index (χ4v) is 6.39. The minimum absolute atomic E-state index is 0.0891. The molecule has 2 aromatic heterocycles. The number of thiophene rings is 1. The van der Waals surface area contributed by atoms with E-state index < -0.39 is 4.92 Å². The van der Waals surface area contributed by atoms with Gasteiger partial charge in [0.1, 0.15) is 16.5 Å². The molecule has 0 radical (unpaired) electrons. The highest BCUT2D eigenvalue weighted by molar-refractivity contribution is 7.16. The third kappa shape index (κ3) is 5.82. The quantitative estimate of drug-likeness (QED) is 0.144. The van der Waals surface area contributed by atoms with E-state index in [1.54, 1.807) is 35.8 Å². The molecular formula is C30H28ClN3O4S. The van der Waals surface area contributed by atoms with Crippen molar-refractivity contribution in [3.63, 3.8) is 0 Å². The molecule has 4 aromatic rings. The summed E-state index contributed by atoms with van der Waals surface area (Å²) in [4.78, 5) is 29.9. The fourth-order valence-electron chi connectivity index (χ4n) is 4.86. The second-order valence-electron chi connectivity index (χ2n) is 10.7. The Morgan fingerprint density at radius 1 is 1.18 bits per heavy atom. The summed E-state index contributed by atoms with van der Waals surface area (Å²) in [7, 11) is 0. The van der Waals surface area contributed by atoms with E-state index >= 15 is 0 Å². The molecule has 1 aliphatic carbocycles. The molecule has 0 unspecified atom stereocenters. The minimum atomic E-state index is -0.494. The molecule has 200 valence electrons. The molecule has 0 saturated carbocycles. The Hall–Kier alpha value is -3.75. The number of hydrogen-bond acceptors (Lipinski definition) is 6. The van der Waals surface area contributed by atoms with Gasteiger partial charge in [-0.2, -0.15) is 0 Å². The molecule has 0 spiro atoms. The number of carbonyl (C=O) groups is 1. The molecule has 0 bridgehead atoms. The number of carbonyl (C=O) groups excluding carboxylic acids is 1. The third-order valence-electron chi connectivity index (χ3n) is 7.09. The molecule has 0 fully saturated rings. The number of benzene rings is 2. The molecule has 2 aromatic carbocycles. The first-order valence-electron chi connectivity index (χ1n) is 12.7. The van der Waals surface area contributed by atoms with Gasteiger partial charge in [-0.3, -0.25) is 14.9 Å². The van der Waals surface area contributed by atoms with Gasteiger partial charge in [-0.05, 0) is 66.5 Å². The van der Waals surface area contributed by atoms with Crippen molar-refractivity contribution in [1.82, 2.24) is 0 Å². The number of halogens is 1. The van der Waals surface area contributed by atoms with Crippen molar-refractivity contribution in [3.8, 4) is 11.3 Å². The van der Waals surface area contributed by atoms with Crippen molar-refractivity contribution < 1.29 is 14.1 Å². The van der Waals surface area contributed by atoms with Crippen LogP contribution in [0.2, 0.25) is 5.02 Å². The van der Waals surface area contributed by atoms with Gasteiger partial charge in [0, 0.05) is 28.3 Å². The number of non-ortho nitro benzene ring substituents is 1. The molecule has 5 rings (SSSR count). The van der Waals surface area contributed by atoms with Crippen LogP contribution in [0.5, 0.6) is 0 Å². The predicted octanol–water partition coefficient (Wildman–Crippen LogP) is 8.72. The van der Waals surface area contributed by atoms with E-state index in [1.165, 1.54) is 17.0 Å². The highest BCUT2D eigenvalue weighted by atomic mass is 35.5. The highest BCUT2D eigenvalue weighted by Crippen LogP contribution is 2.45. The van der Waals surface area contributed by atoms with Gasteiger partial charge in [-0.15, -0.1) is 11.3 Å². The van der Waals surface area contributed by atoms with Crippen LogP contribution in [0.4, 0.5) is 16.4 Å². The van der Waals surface area contributed by atoms with Crippen LogP contribution in [-0.4, -0.2) is 17.0 Å². The zero-order valence-corrected chi connectivity index (χ0v) is 23.4. The SMILES string of the molecule is CC(C)(C)[C@@H]1CCc2c(sc(N=Cc3ccc(-c4ccc([N+](=O)[O-])cc4Cl)o3)c2C(=O)Nc2ccccc2)C1. The largest absolute Gasteiger partial charge is 0.455 e. The Morgan fingerprint density at radius 3 is 2.64 bits per heavy atom. The second-order valence-corrected chi connectivity index (χ2v) is 12.2. The first-order valence-corrected chi connectivity index (χ1v) is 13.9. The van der Waals surface area contributed by atoms with Gasteiger partial charge in [0.2, 0.25) is 0 Å². The summed E-state index contributed by atoms with van der Waals surface area (Å²) in [6.45, 7) is 6.80. The number of para-hydroxylation sites is 1. The number of rotatable bonds is 6. The monoisotopic (exact) mass is 561 g/mol. The first-order chi connectivity index (χ1) is 18.6. The zero-order chi connectivity index (χ0) is 27.7. The molecule has 1 aliphatic rings. The first kappa shape index (κ1) is 26.8. The van der Waals surface area contributed by atoms with Crippen LogP contribution >= 0.6 is 22.9 Å². The second kappa shape index (κ2) is 10.8. The van der Waals surface area contributed by atoms with E-state index in [9.17, 15) is 14.9 Å². The van der Waals surface area contributed by atoms with Crippen LogP contribution in [0, 0.1) is 21.4 Å². The fraction of sp³-hybridized carbons (Fsp3) is 0.267. The lowest BCUT2D eigenvalue weighted by molar-refractivity contribution is -0.384. The van der Waals surface area contributed by atoms with E-state index in [4.69, 9.17) is 21.0 Å². The summed E-state index contributed by atoms with van der Waals surface area (Å²) in [5, 5.41) is 14.9. The molecule has 0 saturated heterocycles. The molecule has 2 heterocycles. The average molecular weight is 562 g/mol. The van der Waals surface area contributed by atoms with E-state index in [0.717, 1.165) is 30.5 Å². The number of nitrogens with zero attached hydrogens (tertiary/aromatic N) is 2. The topological polar surface area (TPSA) is 97.7 Å². The molecule has 7 nitrogen and oxygen atoms in total. The van der Waals surface area contributed by atoms with E-state index in [1.807, 2.05) is 30.3 Å². The van der Waals surface area contributed by atoms with Crippen LogP contribution in [0.25, 0.3) is 11.3 Å². The van der Waals surface area contributed by atoms with Gasteiger partial charge >= 0.3 is 0 Å². The van der Waals surface area contributed by atoms with Crippen molar-refractivity contribution in [3.05, 3.63) is 97.6 Å². The summed E-state index contributed by atoms with van der Waals surface area (Å²) in [5.74, 6) is 1.31. The van der Waals surface area contributed by atoms with Crippen molar-refractivity contribution in [2.24, 2.45) is 16.3 Å². The average Bonchev–Trinajstić information content (AvgIpc) is 3.51. The van der Waals surface area contributed by atoms with Crippen LogP contribution < -0.4 is 5.32 Å². The molecule has 0 aliphatic heterocycles. The normalized spacial score (nSPS) is 15.3. The van der Waals surface area contributed by atoms with Crippen molar-refractivity contribution >= 4 is 51.4 Å². The number of aliphatic imine (C=N–C) groups is 1. The molecule has 39 heavy (non-hydrogen) atoms. The van der Waals surface area contributed by atoms with Gasteiger partial charge in [-0.25, -0.2) is 4.99 Å². The van der Waals surface area contributed by atoms with Crippen molar-refractivity contribution in [1.29, 1.82) is 0 Å². The van der Waals surface area contributed by atoms with Crippen molar-refractivity contribution in [2.45, 2.75) is 40.0 Å². The zero-order valence-electron chi connectivity index (χ0n) is 21.9. The van der Waals surface area contributed by atoms with E-state index in [-0.39, 0.29) is 22.0 Å². The van der Waals surface area contributed by atoms with Crippen molar-refractivity contribution in [2.75, 3.05) is 5.32 Å². The van der Waals surface area contributed by atoms with Gasteiger partial charge in [0.15, 0.2) is 0 Å². The Kier molecular flexibility index (Phi) is 7.42. The molecule has 1 atom stereocenters. The lowest BCUT2D eigenvalue weighted by atomic mass is 9.72. The standard InChI is InChI=1S/C30H28ClN3O4S/c1-30(2,3)18-9-12-23-26(15-18)39-29(27(23)28(35)33-19-7-5-4-6-8-19)32-17-21-11-14-25(38-21)22-13-10-20(34(36)37)16-24(22)31/h4-8,10-11,13-14,16-18H,9,12,15H2,1-3H3,(H,33,35)/t18-/m1/s1. The van der Waals surface area contributed by atoms with Gasteiger partial charge < -0.3 is 9.73 Å². The lowest BCUT2D eigenvalue weighted by Crippen LogP contribution is -2.27. The van der Waals surface area contributed by atoms with E-state index in [0.29, 0.717) is 33.6 Å². The lowest BCUT2D eigenvalue weighted by Gasteiger charge is -2.33. The van der Waals surface area contributed by atoms with Gasteiger partial charge in [-0.1, -0.05) is 50.6 Å². The maximum atomic E-state index is 13.5. The van der Waals surface area contributed by atoms with E-state index in [2.05, 4.69) is 26.1 Å². The number of furan rings is 1. The smallest absolute Gasteiger partial charge is 0.270 e. The maximum absolute atomic E-state index is 13.5. The molecular weight excluding hydrogens is 534 g/mol. The van der Waals surface area contributed by atoms with Crippen LogP contribution in [0.1, 0.15) is 53.8 Å². The Balaban J connectivity index is 1.46. The van der Waals surface area contributed by atoms with Crippen LogP contribution in [0.3, 0.4) is 0 Å². The molecule has 9 heteroatoms. The summed E-state index contributed by atoms with van der Waals surface area (Å²) in [6, 6.07) is 17.1. The maximum Gasteiger partial charge on any atom is 0.270 e. The summed E-state index contributed by atoms with van der Waals surface area (Å²) >= 11 is 7.84. The van der Waals surface area contributed by atoms with Gasteiger partial charge in [0.25, 0.3) is 11.6 Å². The number of nitro groups is 1. The number of nitrogens with one attached hydrogen (secondary N) is 1. The summed E-state index contributed by atoms with van der Waals surface area (Å²) < 4.78 is 5.93. The predicted molar refractivity (Wildman–Crippen MR) is 157 cm³/mol. The number of hydrogen-bond donors (Lipinski definition) is 1. The number of fused-ring (bicyclic) bond motifs is 1. The molecule has 1 N–H and O–H groups in total. The Labute approximate surface area is 235 Å². The summed E-state index contributed by atoms with van der Waals surface area (Å²) in [6.07, 6.45) is 4.39. The van der Waals surface area contributed by atoms with Gasteiger partial charge in [0.05, 0.1) is 21.7 Å². The number of amides is 1. The van der Waals surface area contributed by atoms with Crippen LogP contribution in [0.15, 0.2) is 70.1 Å². The highest BCUT2D eigenvalue weighted by Gasteiger charge is 2.33. The molecule has 1 amide bonds. The minimum Gasteiger partial charge on any atom is -0.455 e. The van der Waals surface area contributed by atoms with Crippen LogP contribution in [-0.2, 0) is 12.8 Å². The summed E-state index contributed by atoms with van der Waals surface area (Å²) in [5.41, 5.74) is 3.07. The Morgan fingerprint density at radius 2 is 1.95 bits per heavy atom.